The average molecular weight is 388 g/mol. The summed E-state index contributed by atoms with van der Waals surface area (Å²) in [5.74, 6) is -0.0946. The van der Waals surface area contributed by atoms with Gasteiger partial charge in [-0.05, 0) is 29.8 Å². The Morgan fingerprint density at radius 3 is 2.86 bits per heavy atom. The van der Waals surface area contributed by atoms with Crippen molar-refractivity contribution in [3.05, 3.63) is 65.1 Å². The topological polar surface area (TPSA) is 96.4 Å². The average Bonchev–Trinajstić information content (AvgIpc) is 3.14. The molecule has 0 bridgehead atoms. The number of pyridine rings is 1. The third kappa shape index (κ3) is 3.23. The standard InChI is InChI=1S/C22H20N4O3/c1-23-22(28)19-9-13(21(27)26-20-16-10-29-11-17(16)20)8-14(25-19)7-12-3-2-4-18-15(12)5-6-24-18/h2-6,8-9,16-17,24H,7,10-11H2,1H3,(H,23,28)/t16-,17+. The lowest BCUT2D eigenvalue weighted by atomic mass is 10.0. The van der Waals surface area contributed by atoms with Crippen LogP contribution in [0, 0.1) is 11.8 Å². The van der Waals surface area contributed by atoms with Gasteiger partial charge in [0.1, 0.15) is 5.69 Å². The molecule has 0 spiro atoms. The Hall–Kier alpha value is -3.32. The summed E-state index contributed by atoms with van der Waals surface area (Å²) in [5.41, 5.74) is 4.28. The molecule has 1 aliphatic carbocycles. The Balaban J connectivity index is 1.50. The Bertz CT molecular complexity index is 1150. The highest BCUT2D eigenvalue weighted by molar-refractivity contribution is 6.13. The number of rotatable bonds is 4. The van der Waals surface area contributed by atoms with E-state index in [1.165, 1.54) is 6.07 Å². The van der Waals surface area contributed by atoms with Gasteiger partial charge in [-0.25, -0.2) is 9.98 Å². The number of carbonyl (C=O) groups excluding carboxylic acids is 2. The van der Waals surface area contributed by atoms with Crippen LogP contribution in [0.25, 0.3) is 10.9 Å². The summed E-state index contributed by atoms with van der Waals surface area (Å²) in [6.45, 7) is 1.28. The number of hydrogen-bond acceptors (Lipinski definition) is 4. The van der Waals surface area contributed by atoms with E-state index in [2.05, 4.69) is 20.3 Å². The number of aliphatic imine (C=N–C) groups is 1. The fraction of sp³-hybridized carbons (Fsp3) is 0.273. The number of ether oxygens (including phenoxy) is 1. The molecule has 2 aliphatic rings. The minimum Gasteiger partial charge on any atom is -0.380 e. The van der Waals surface area contributed by atoms with Gasteiger partial charge in [0, 0.05) is 59.4 Å². The van der Waals surface area contributed by atoms with E-state index in [1.54, 1.807) is 13.1 Å². The first-order valence-corrected chi connectivity index (χ1v) is 9.62. The van der Waals surface area contributed by atoms with Crippen LogP contribution in [0.1, 0.15) is 32.1 Å². The molecule has 2 amide bonds. The van der Waals surface area contributed by atoms with Gasteiger partial charge in [-0.15, -0.1) is 0 Å². The molecule has 29 heavy (non-hydrogen) atoms. The van der Waals surface area contributed by atoms with Crippen LogP contribution in [0.2, 0.25) is 0 Å². The molecule has 146 valence electrons. The first-order valence-electron chi connectivity index (χ1n) is 9.62. The van der Waals surface area contributed by atoms with Gasteiger partial charge in [0.05, 0.1) is 13.2 Å². The fourth-order valence-electron chi connectivity index (χ4n) is 3.98. The molecular weight excluding hydrogens is 368 g/mol. The largest absolute Gasteiger partial charge is 0.380 e. The van der Waals surface area contributed by atoms with Crippen LogP contribution in [-0.2, 0) is 11.2 Å². The minimum absolute atomic E-state index is 0.217. The van der Waals surface area contributed by atoms with Crippen molar-refractivity contribution in [3.8, 4) is 0 Å². The summed E-state index contributed by atoms with van der Waals surface area (Å²) in [6.07, 6.45) is 2.40. The van der Waals surface area contributed by atoms with Gasteiger partial charge in [0.25, 0.3) is 11.8 Å². The number of aromatic amines is 1. The normalized spacial score (nSPS) is 21.3. The van der Waals surface area contributed by atoms with E-state index in [0.29, 0.717) is 30.9 Å². The lowest BCUT2D eigenvalue weighted by molar-refractivity contribution is 0.0958. The van der Waals surface area contributed by atoms with Crippen molar-refractivity contribution >= 4 is 28.4 Å². The van der Waals surface area contributed by atoms with Crippen molar-refractivity contribution in [3.63, 3.8) is 0 Å². The van der Waals surface area contributed by atoms with Gasteiger partial charge in [0.15, 0.2) is 0 Å². The molecule has 1 aromatic carbocycles. The molecule has 0 unspecified atom stereocenters. The van der Waals surface area contributed by atoms with Crippen LogP contribution in [0.4, 0.5) is 0 Å². The molecule has 0 radical (unpaired) electrons. The number of aromatic nitrogens is 2. The van der Waals surface area contributed by atoms with Crippen LogP contribution in [0.5, 0.6) is 0 Å². The number of amides is 2. The minimum atomic E-state index is -0.331. The van der Waals surface area contributed by atoms with E-state index < -0.39 is 0 Å². The van der Waals surface area contributed by atoms with Crippen molar-refractivity contribution in [2.75, 3.05) is 20.3 Å². The van der Waals surface area contributed by atoms with Crippen molar-refractivity contribution in [2.45, 2.75) is 6.42 Å². The van der Waals surface area contributed by atoms with Crippen molar-refractivity contribution in [1.82, 2.24) is 15.3 Å². The predicted molar refractivity (Wildman–Crippen MR) is 108 cm³/mol. The summed E-state index contributed by atoms with van der Waals surface area (Å²) >= 11 is 0. The molecule has 5 rings (SSSR count). The first kappa shape index (κ1) is 17.8. The lowest BCUT2D eigenvalue weighted by Gasteiger charge is -2.08. The second-order valence-electron chi connectivity index (χ2n) is 7.44. The van der Waals surface area contributed by atoms with Gasteiger partial charge in [-0.2, -0.15) is 0 Å². The highest BCUT2D eigenvalue weighted by Crippen LogP contribution is 2.40. The molecule has 7 heteroatoms. The third-order valence-corrected chi connectivity index (χ3v) is 5.60. The summed E-state index contributed by atoms with van der Waals surface area (Å²) in [5, 5.41) is 3.68. The molecule has 1 saturated carbocycles. The zero-order chi connectivity index (χ0) is 20.0. The maximum absolute atomic E-state index is 12.8. The number of fused-ring (bicyclic) bond motifs is 2. The van der Waals surface area contributed by atoms with E-state index in [-0.39, 0.29) is 29.3 Å². The molecule has 7 nitrogen and oxygen atoms in total. The van der Waals surface area contributed by atoms with E-state index in [4.69, 9.17) is 4.74 Å². The molecule has 2 aromatic heterocycles. The zero-order valence-corrected chi connectivity index (χ0v) is 15.9. The van der Waals surface area contributed by atoms with E-state index in [1.807, 2.05) is 30.5 Å². The summed E-state index contributed by atoms with van der Waals surface area (Å²) in [7, 11) is 1.55. The lowest BCUT2D eigenvalue weighted by Crippen LogP contribution is -2.20. The fourth-order valence-corrected chi connectivity index (χ4v) is 3.98. The number of carbonyl (C=O) groups is 2. The molecule has 3 heterocycles. The second kappa shape index (κ2) is 6.93. The summed E-state index contributed by atoms with van der Waals surface area (Å²) in [4.78, 5) is 37.0. The quantitative estimate of drug-likeness (QED) is 0.717. The predicted octanol–water partition coefficient (Wildman–Crippen LogP) is 2.37. The van der Waals surface area contributed by atoms with Crippen LogP contribution in [0.3, 0.4) is 0 Å². The first-order chi connectivity index (χ1) is 14.1. The SMILES string of the molecule is CNC(=O)c1cc(C(=O)N=C2[C@H]3COC[C@@H]23)cc(Cc2cccc3[nH]ccc23)n1. The van der Waals surface area contributed by atoms with Crippen molar-refractivity contribution < 1.29 is 14.3 Å². The van der Waals surface area contributed by atoms with Gasteiger partial charge in [-0.3, -0.25) is 9.59 Å². The second-order valence-corrected chi connectivity index (χ2v) is 7.44. The van der Waals surface area contributed by atoms with Gasteiger partial charge >= 0.3 is 0 Å². The zero-order valence-electron chi connectivity index (χ0n) is 15.9. The molecular formula is C22H20N4O3. The Morgan fingerprint density at radius 1 is 1.24 bits per heavy atom. The van der Waals surface area contributed by atoms with E-state index in [0.717, 1.165) is 22.2 Å². The Morgan fingerprint density at radius 2 is 2.07 bits per heavy atom. The smallest absolute Gasteiger partial charge is 0.277 e. The Kier molecular flexibility index (Phi) is 4.24. The van der Waals surface area contributed by atoms with Crippen molar-refractivity contribution in [2.24, 2.45) is 16.8 Å². The molecule has 2 atom stereocenters. The maximum atomic E-state index is 12.8. The van der Waals surface area contributed by atoms with Crippen LogP contribution >= 0.6 is 0 Å². The van der Waals surface area contributed by atoms with Gasteiger partial charge < -0.3 is 15.0 Å². The Labute approximate surface area is 167 Å². The molecule has 2 N–H and O–H groups in total. The van der Waals surface area contributed by atoms with E-state index >= 15 is 0 Å². The highest BCUT2D eigenvalue weighted by Gasteiger charge is 2.51. The van der Waals surface area contributed by atoms with E-state index in [9.17, 15) is 9.59 Å². The monoisotopic (exact) mass is 388 g/mol. The number of nitrogens with one attached hydrogen (secondary N) is 2. The number of benzene rings is 1. The number of nitrogens with zero attached hydrogens (tertiary/aromatic N) is 2. The van der Waals surface area contributed by atoms with Crippen LogP contribution < -0.4 is 5.32 Å². The third-order valence-electron chi connectivity index (χ3n) is 5.60. The van der Waals surface area contributed by atoms with Gasteiger partial charge in [-0.1, -0.05) is 12.1 Å². The van der Waals surface area contributed by atoms with Crippen molar-refractivity contribution in [1.29, 1.82) is 0 Å². The molecule has 1 saturated heterocycles. The molecule has 1 aliphatic heterocycles. The van der Waals surface area contributed by atoms with Crippen LogP contribution in [0.15, 0.2) is 47.6 Å². The van der Waals surface area contributed by atoms with Gasteiger partial charge in [0.2, 0.25) is 0 Å². The molecule has 2 fully saturated rings. The summed E-state index contributed by atoms with van der Waals surface area (Å²) < 4.78 is 5.35. The number of H-pyrrole nitrogens is 1. The van der Waals surface area contributed by atoms with Crippen LogP contribution in [-0.4, -0.2) is 47.8 Å². The molecule has 3 aromatic rings. The number of hydrogen-bond donors (Lipinski definition) is 2. The maximum Gasteiger partial charge on any atom is 0.277 e. The highest BCUT2D eigenvalue weighted by atomic mass is 16.5. The summed E-state index contributed by atoms with van der Waals surface area (Å²) in [6, 6.07) is 11.3.